The molecule has 1 aliphatic carbocycles. The highest BCUT2D eigenvalue weighted by Crippen LogP contribution is 2.34. The van der Waals surface area contributed by atoms with E-state index in [0.29, 0.717) is 49.1 Å². The number of carbonyl (C=O) groups is 2. The van der Waals surface area contributed by atoms with Crippen molar-refractivity contribution in [1.29, 1.82) is 0 Å². The van der Waals surface area contributed by atoms with Crippen LogP contribution < -0.4 is 10.6 Å². The fourth-order valence-electron chi connectivity index (χ4n) is 7.50. The van der Waals surface area contributed by atoms with Crippen molar-refractivity contribution in [1.82, 2.24) is 30.4 Å². The lowest BCUT2D eigenvalue weighted by Gasteiger charge is -2.47. The Balaban J connectivity index is 1.18. The second-order valence-electron chi connectivity index (χ2n) is 15.9. The summed E-state index contributed by atoms with van der Waals surface area (Å²) >= 11 is 6.17. The Hall–Kier alpha value is -4.13. The monoisotopic (exact) mass is 742 g/mol. The van der Waals surface area contributed by atoms with Gasteiger partial charge in [0.1, 0.15) is 6.04 Å². The summed E-state index contributed by atoms with van der Waals surface area (Å²) in [7, 11) is 0. The number of nitrogens with zero attached hydrogens (tertiary/aromatic N) is 4. The minimum Gasteiger partial charge on any atom is -0.439 e. The first-order valence-electron chi connectivity index (χ1n) is 18.3. The van der Waals surface area contributed by atoms with Gasteiger partial charge >= 0.3 is 0 Å². The number of pyridine rings is 1. The summed E-state index contributed by atoms with van der Waals surface area (Å²) < 4.78 is 6.24. The predicted octanol–water partition coefficient (Wildman–Crippen LogP) is 4.91. The van der Waals surface area contributed by atoms with Gasteiger partial charge in [-0.05, 0) is 70.2 Å². The van der Waals surface area contributed by atoms with Crippen molar-refractivity contribution in [2.75, 3.05) is 26.2 Å². The molecule has 0 saturated carbocycles. The molecule has 53 heavy (non-hydrogen) atoms. The van der Waals surface area contributed by atoms with E-state index in [-0.39, 0.29) is 24.8 Å². The number of hydrogen-bond donors (Lipinski definition) is 4. The average molecular weight is 743 g/mol. The zero-order chi connectivity index (χ0) is 37.9. The molecule has 2 aromatic heterocycles. The molecule has 4 N–H and O–H groups in total. The predicted molar refractivity (Wildman–Crippen MR) is 204 cm³/mol. The van der Waals surface area contributed by atoms with E-state index in [4.69, 9.17) is 16.0 Å². The normalized spacial score (nSPS) is 20.8. The van der Waals surface area contributed by atoms with E-state index < -0.39 is 41.3 Å². The van der Waals surface area contributed by atoms with Crippen molar-refractivity contribution in [3.8, 4) is 11.3 Å². The summed E-state index contributed by atoms with van der Waals surface area (Å²) in [6.45, 7) is 11.5. The third kappa shape index (κ3) is 9.34. The summed E-state index contributed by atoms with van der Waals surface area (Å²) in [6.07, 6.45) is 4.35. The molecule has 2 aromatic carbocycles. The van der Waals surface area contributed by atoms with E-state index in [1.165, 1.54) is 0 Å². The van der Waals surface area contributed by atoms with Gasteiger partial charge in [0.25, 0.3) is 0 Å². The van der Waals surface area contributed by atoms with Crippen LogP contribution in [0, 0.1) is 5.92 Å². The zero-order valence-electron chi connectivity index (χ0n) is 31.1. The van der Waals surface area contributed by atoms with Gasteiger partial charge in [-0.25, -0.2) is 4.98 Å². The van der Waals surface area contributed by atoms with Crippen LogP contribution in [0.1, 0.15) is 69.7 Å². The van der Waals surface area contributed by atoms with Crippen LogP contribution in [-0.4, -0.2) is 91.8 Å². The van der Waals surface area contributed by atoms with Crippen molar-refractivity contribution in [3.05, 3.63) is 107 Å². The second kappa shape index (κ2) is 16.1. The third-order valence-corrected chi connectivity index (χ3v) is 10.5. The molecule has 5 atom stereocenters. The van der Waals surface area contributed by atoms with Crippen LogP contribution in [0.5, 0.6) is 0 Å². The molecule has 3 heterocycles. The first kappa shape index (κ1) is 38.6. The largest absolute Gasteiger partial charge is 0.439 e. The number of carbonyl (C=O) groups excluding carboxylic acids is 2. The van der Waals surface area contributed by atoms with E-state index >= 15 is 0 Å². The molecule has 11 nitrogen and oxygen atoms in total. The van der Waals surface area contributed by atoms with Gasteiger partial charge in [-0.15, -0.1) is 0 Å². The quantitative estimate of drug-likeness (QED) is 0.159. The molecule has 0 unspecified atom stereocenters. The molecular formula is C41H51ClN6O5. The van der Waals surface area contributed by atoms with Crippen molar-refractivity contribution in [2.24, 2.45) is 5.92 Å². The molecule has 0 radical (unpaired) electrons. The number of aliphatic hydroxyl groups excluding tert-OH is 2. The maximum Gasteiger partial charge on any atom is 0.239 e. The fourth-order valence-corrected chi connectivity index (χ4v) is 7.67. The Kier molecular flexibility index (Phi) is 11.7. The first-order valence-corrected chi connectivity index (χ1v) is 18.7. The molecule has 2 amide bonds. The van der Waals surface area contributed by atoms with Crippen LogP contribution in [0.25, 0.3) is 11.3 Å². The maximum absolute atomic E-state index is 14.0. The summed E-state index contributed by atoms with van der Waals surface area (Å²) in [4.78, 5) is 40.9. The Morgan fingerprint density at radius 2 is 1.75 bits per heavy atom. The van der Waals surface area contributed by atoms with Gasteiger partial charge in [0.2, 0.25) is 17.7 Å². The van der Waals surface area contributed by atoms with Gasteiger partial charge in [0.15, 0.2) is 5.76 Å². The molecule has 12 heteroatoms. The van der Waals surface area contributed by atoms with Crippen LogP contribution in [0.3, 0.4) is 0 Å². The lowest BCUT2D eigenvalue weighted by molar-refractivity contribution is -0.134. The highest BCUT2D eigenvalue weighted by atomic mass is 35.5. The Morgan fingerprint density at radius 1 is 1.02 bits per heavy atom. The lowest BCUT2D eigenvalue weighted by atomic mass is 9.91. The molecule has 0 bridgehead atoms. The topological polar surface area (TPSA) is 144 Å². The number of benzene rings is 2. The molecule has 1 fully saturated rings. The smallest absolute Gasteiger partial charge is 0.239 e. The van der Waals surface area contributed by atoms with E-state index in [9.17, 15) is 19.8 Å². The highest BCUT2D eigenvalue weighted by Gasteiger charge is 2.43. The third-order valence-electron chi connectivity index (χ3n) is 10.3. The Labute approximate surface area is 316 Å². The van der Waals surface area contributed by atoms with Crippen molar-refractivity contribution in [3.63, 3.8) is 0 Å². The standard InChI is InChI=1S/C41H51ClN6O5/c1-40(2,3)46-38(52)33-25-48(41(4,5)39-44-23-35(53-39)29-18-30(42)22-43-21-29)16-15-47(33)24-31(49)19-28(17-26-11-7-6-8-12-26)37(51)45-36-32-14-10-9-13-27(32)20-34(36)50/h6-14,18,21-23,28,31,33-34,36,49-50H,15-17,19-20,24-25H2,1-5H3,(H,45,51)(H,46,52)/t28-,31-,33-,34+,36-/m0/s1. The summed E-state index contributed by atoms with van der Waals surface area (Å²) in [5.41, 5.74) is 2.50. The summed E-state index contributed by atoms with van der Waals surface area (Å²) in [5.74, 6) is 0.119. The van der Waals surface area contributed by atoms with Gasteiger partial charge < -0.3 is 25.3 Å². The molecular weight excluding hydrogens is 692 g/mol. The maximum atomic E-state index is 14.0. The van der Waals surface area contributed by atoms with Crippen molar-refractivity contribution >= 4 is 23.4 Å². The molecule has 2 aliphatic rings. The number of nitrogens with one attached hydrogen (secondary N) is 2. The van der Waals surface area contributed by atoms with Gasteiger partial charge in [-0.1, -0.05) is 66.2 Å². The van der Waals surface area contributed by atoms with Crippen LogP contribution in [0.15, 0.2) is 83.7 Å². The molecule has 1 saturated heterocycles. The van der Waals surface area contributed by atoms with E-state index in [0.717, 1.165) is 22.3 Å². The lowest BCUT2D eigenvalue weighted by Crippen LogP contribution is -2.64. The number of aliphatic hydroxyl groups is 2. The number of amides is 2. The SMILES string of the molecule is CC(C)(C)NC(=O)[C@@H]1CN(C(C)(C)c2ncc(-c3cncc(Cl)c3)o2)CCN1C[C@@H](O)C[C@H](Cc1ccccc1)C(=O)N[C@H]1c2ccccc2C[C@H]1O. The van der Waals surface area contributed by atoms with Gasteiger partial charge in [-0.2, -0.15) is 0 Å². The number of hydrogen-bond acceptors (Lipinski definition) is 9. The number of aromatic nitrogens is 2. The van der Waals surface area contributed by atoms with E-state index in [2.05, 4.69) is 25.5 Å². The van der Waals surface area contributed by atoms with Crippen LogP contribution in [-0.2, 0) is 28.0 Å². The number of oxazole rings is 1. The number of halogens is 1. The number of fused-ring (bicyclic) bond motifs is 1. The molecule has 282 valence electrons. The minimum atomic E-state index is -0.902. The molecule has 6 rings (SSSR count). The highest BCUT2D eigenvalue weighted by molar-refractivity contribution is 6.30. The van der Waals surface area contributed by atoms with Gasteiger partial charge in [0, 0.05) is 62.0 Å². The number of rotatable bonds is 12. The minimum absolute atomic E-state index is 0.143. The van der Waals surface area contributed by atoms with Crippen LogP contribution in [0.2, 0.25) is 5.02 Å². The van der Waals surface area contributed by atoms with Crippen molar-refractivity contribution in [2.45, 2.75) is 89.3 Å². The molecule has 1 aliphatic heterocycles. The van der Waals surface area contributed by atoms with Crippen molar-refractivity contribution < 1.29 is 24.2 Å². The fraction of sp³-hybridized carbons (Fsp3) is 0.463. The Bertz CT molecular complexity index is 1880. The summed E-state index contributed by atoms with van der Waals surface area (Å²) in [6, 6.07) is 18.2. The average Bonchev–Trinajstić information content (AvgIpc) is 3.73. The number of β-amino-alcohol motifs (C(OH)–C–C–N with tert-alkyl or cyclic N) is 1. The molecule has 4 aromatic rings. The van der Waals surface area contributed by atoms with Crippen LogP contribution >= 0.6 is 11.6 Å². The van der Waals surface area contributed by atoms with Gasteiger partial charge in [0.05, 0.1) is 35.0 Å². The second-order valence-corrected chi connectivity index (χ2v) is 16.3. The van der Waals surface area contributed by atoms with E-state index in [1.54, 1.807) is 24.7 Å². The Morgan fingerprint density at radius 3 is 2.49 bits per heavy atom. The van der Waals surface area contributed by atoms with E-state index in [1.807, 2.05) is 94.1 Å². The summed E-state index contributed by atoms with van der Waals surface area (Å²) in [5, 5.41) is 29.3. The molecule has 0 spiro atoms. The zero-order valence-corrected chi connectivity index (χ0v) is 31.9. The number of piperazine rings is 1. The first-order chi connectivity index (χ1) is 25.2. The van der Waals surface area contributed by atoms with Gasteiger partial charge in [-0.3, -0.25) is 24.4 Å². The van der Waals surface area contributed by atoms with Crippen LogP contribution in [0.4, 0.5) is 0 Å².